The molecule has 1 fully saturated rings. The van der Waals surface area contributed by atoms with Crippen molar-refractivity contribution in [1.82, 2.24) is 4.90 Å². The number of likely N-dealkylation sites (tertiary alicyclic amines) is 1. The van der Waals surface area contributed by atoms with Crippen molar-refractivity contribution in [2.75, 3.05) is 19.6 Å². The van der Waals surface area contributed by atoms with E-state index in [1.165, 1.54) is 50.0 Å². The lowest BCUT2D eigenvalue weighted by molar-refractivity contribution is 0.162. The third-order valence-electron chi connectivity index (χ3n) is 4.28. The first-order chi connectivity index (χ1) is 9.69. The fourth-order valence-electron chi connectivity index (χ4n) is 2.89. The van der Waals surface area contributed by atoms with Gasteiger partial charge in [-0.15, -0.1) is 0 Å². The maximum atomic E-state index is 6.11. The number of nitrogens with zero attached hydrogens (tertiary/aromatic N) is 1. The molecule has 2 rings (SSSR count). The number of hydrogen-bond acceptors (Lipinski definition) is 2. The number of hydrogen-bond donors (Lipinski definition) is 0. The van der Waals surface area contributed by atoms with Crippen LogP contribution in [0.25, 0.3) is 0 Å². The Morgan fingerprint density at radius 1 is 1.20 bits per heavy atom. The first kappa shape index (κ1) is 15.4. The van der Waals surface area contributed by atoms with Crippen LogP contribution in [-0.2, 0) is 6.42 Å². The van der Waals surface area contributed by atoms with Gasteiger partial charge in [0.1, 0.15) is 5.75 Å². The zero-order valence-electron chi connectivity index (χ0n) is 13.3. The van der Waals surface area contributed by atoms with Crippen molar-refractivity contribution in [3.8, 4) is 5.75 Å². The fourth-order valence-corrected chi connectivity index (χ4v) is 2.89. The maximum absolute atomic E-state index is 6.11. The quantitative estimate of drug-likeness (QED) is 0.771. The molecule has 0 radical (unpaired) electrons. The summed E-state index contributed by atoms with van der Waals surface area (Å²) in [7, 11) is 0. The lowest BCUT2D eigenvalue weighted by Gasteiger charge is -2.27. The molecule has 112 valence electrons. The molecule has 20 heavy (non-hydrogen) atoms. The van der Waals surface area contributed by atoms with Crippen molar-refractivity contribution in [2.24, 2.45) is 0 Å². The highest BCUT2D eigenvalue weighted by Crippen LogP contribution is 2.21. The summed E-state index contributed by atoms with van der Waals surface area (Å²) in [4.78, 5) is 2.58. The Morgan fingerprint density at radius 3 is 2.60 bits per heavy atom. The van der Waals surface area contributed by atoms with E-state index in [4.69, 9.17) is 4.74 Å². The zero-order chi connectivity index (χ0) is 14.4. The van der Waals surface area contributed by atoms with Crippen LogP contribution >= 0.6 is 0 Å². The number of benzene rings is 1. The fraction of sp³-hybridized carbons (Fsp3) is 0.667. The van der Waals surface area contributed by atoms with Gasteiger partial charge in [-0.1, -0.05) is 25.5 Å². The molecule has 2 nitrogen and oxygen atoms in total. The van der Waals surface area contributed by atoms with E-state index in [9.17, 15) is 0 Å². The van der Waals surface area contributed by atoms with Gasteiger partial charge in [-0.2, -0.15) is 0 Å². The molecule has 1 aliphatic rings. The average molecular weight is 275 g/mol. The van der Waals surface area contributed by atoms with E-state index < -0.39 is 0 Å². The molecule has 1 aromatic rings. The first-order valence-electron chi connectivity index (χ1n) is 8.17. The monoisotopic (exact) mass is 275 g/mol. The molecular formula is C18H29NO. The van der Waals surface area contributed by atoms with Crippen LogP contribution in [-0.4, -0.2) is 30.6 Å². The van der Waals surface area contributed by atoms with Crippen molar-refractivity contribution in [1.29, 1.82) is 0 Å². The summed E-state index contributed by atoms with van der Waals surface area (Å²) in [6.07, 6.45) is 6.65. The summed E-state index contributed by atoms with van der Waals surface area (Å²) in [5.74, 6) is 1.05. The van der Waals surface area contributed by atoms with E-state index in [2.05, 4.69) is 43.9 Å². The highest BCUT2D eigenvalue weighted by atomic mass is 16.5. The predicted molar refractivity (Wildman–Crippen MR) is 85.6 cm³/mol. The predicted octanol–water partition coefficient (Wildman–Crippen LogP) is 4.20. The molecule has 2 heteroatoms. The van der Waals surface area contributed by atoms with Crippen LogP contribution in [0.5, 0.6) is 5.75 Å². The maximum Gasteiger partial charge on any atom is 0.122 e. The normalized spacial score (nSPS) is 17.9. The van der Waals surface area contributed by atoms with Gasteiger partial charge in [-0.05, 0) is 69.8 Å². The van der Waals surface area contributed by atoms with E-state index in [1.807, 2.05) is 0 Å². The molecule has 1 saturated heterocycles. The van der Waals surface area contributed by atoms with Crippen LogP contribution in [0.15, 0.2) is 18.2 Å². The van der Waals surface area contributed by atoms with Crippen molar-refractivity contribution in [3.05, 3.63) is 29.3 Å². The smallest absolute Gasteiger partial charge is 0.122 e. The van der Waals surface area contributed by atoms with Gasteiger partial charge in [0.15, 0.2) is 0 Å². The molecule has 1 aromatic carbocycles. The molecule has 0 saturated carbocycles. The van der Waals surface area contributed by atoms with Gasteiger partial charge in [0.2, 0.25) is 0 Å². The molecule has 1 unspecified atom stereocenters. The number of ether oxygens (including phenoxy) is 1. The molecule has 0 amide bonds. The summed E-state index contributed by atoms with van der Waals surface area (Å²) >= 11 is 0. The molecule has 0 aliphatic carbocycles. The minimum atomic E-state index is 0.295. The minimum Gasteiger partial charge on any atom is -0.490 e. The lowest BCUT2D eigenvalue weighted by Crippen LogP contribution is -2.32. The Hall–Kier alpha value is -1.02. The highest BCUT2D eigenvalue weighted by molar-refractivity contribution is 5.36. The van der Waals surface area contributed by atoms with E-state index in [-0.39, 0.29) is 0 Å². The number of aryl methyl sites for hydroxylation is 2. The van der Waals surface area contributed by atoms with E-state index in [0.29, 0.717) is 6.10 Å². The van der Waals surface area contributed by atoms with E-state index in [0.717, 1.165) is 18.6 Å². The van der Waals surface area contributed by atoms with Gasteiger partial charge in [0.25, 0.3) is 0 Å². The topological polar surface area (TPSA) is 12.5 Å². The van der Waals surface area contributed by atoms with Gasteiger partial charge < -0.3 is 9.64 Å². The summed E-state index contributed by atoms with van der Waals surface area (Å²) in [6, 6.07) is 6.55. The lowest BCUT2D eigenvalue weighted by atomic mass is 10.1. The highest BCUT2D eigenvalue weighted by Gasteiger charge is 2.12. The van der Waals surface area contributed by atoms with Crippen molar-refractivity contribution < 1.29 is 4.74 Å². The molecule has 0 spiro atoms. The first-order valence-corrected chi connectivity index (χ1v) is 8.17. The zero-order valence-corrected chi connectivity index (χ0v) is 13.3. The third kappa shape index (κ3) is 4.52. The second-order valence-electron chi connectivity index (χ2n) is 6.07. The van der Waals surface area contributed by atoms with Crippen molar-refractivity contribution in [3.63, 3.8) is 0 Å². The summed E-state index contributed by atoms with van der Waals surface area (Å²) in [5, 5.41) is 0. The molecule has 1 atom stereocenters. The molecule has 0 bridgehead atoms. The van der Waals surface area contributed by atoms with Gasteiger partial charge in [-0.3, -0.25) is 0 Å². The van der Waals surface area contributed by atoms with Gasteiger partial charge >= 0.3 is 0 Å². The second-order valence-corrected chi connectivity index (χ2v) is 6.07. The number of piperidine rings is 1. The Morgan fingerprint density at radius 2 is 1.95 bits per heavy atom. The van der Waals surface area contributed by atoms with Crippen LogP contribution in [0.2, 0.25) is 0 Å². The molecular weight excluding hydrogens is 246 g/mol. The Kier molecular flexibility index (Phi) is 5.90. The van der Waals surface area contributed by atoms with Crippen LogP contribution in [0, 0.1) is 6.92 Å². The summed E-state index contributed by atoms with van der Waals surface area (Å²) in [6.45, 7) is 10.3. The van der Waals surface area contributed by atoms with Crippen LogP contribution in [0.1, 0.15) is 50.7 Å². The summed E-state index contributed by atoms with van der Waals surface area (Å²) < 4.78 is 6.11. The Labute approximate surface area is 124 Å². The average Bonchev–Trinajstić information content (AvgIpc) is 2.48. The third-order valence-corrected chi connectivity index (χ3v) is 4.28. The SMILES string of the molecule is CCc1ccc(OC(C)CCN2CCCCC2)c(C)c1. The van der Waals surface area contributed by atoms with Gasteiger partial charge in [0, 0.05) is 6.54 Å². The molecule has 1 aliphatic heterocycles. The van der Waals surface area contributed by atoms with Crippen molar-refractivity contribution >= 4 is 0 Å². The Bertz CT molecular complexity index is 410. The van der Waals surface area contributed by atoms with Crippen molar-refractivity contribution in [2.45, 2.75) is 59.0 Å². The van der Waals surface area contributed by atoms with Crippen LogP contribution in [0.4, 0.5) is 0 Å². The number of rotatable bonds is 6. The molecule has 0 aromatic heterocycles. The standard InChI is InChI=1S/C18H29NO/c1-4-17-8-9-18(15(2)14-17)20-16(3)10-13-19-11-6-5-7-12-19/h8-9,14,16H,4-7,10-13H2,1-3H3. The van der Waals surface area contributed by atoms with Gasteiger partial charge in [0.05, 0.1) is 6.10 Å². The Balaban J connectivity index is 1.80. The van der Waals surface area contributed by atoms with Gasteiger partial charge in [-0.25, -0.2) is 0 Å². The molecule has 1 heterocycles. The molecule has 0 N–H and O–H groups in total. The van der Waals surface area contributed by atoms with E-state index in [1.54, 1.807) is 0 Å². The van der Waals surface area contributed by atoms with Crippen LogP contribution in [0.3, 0.4) is 0 Å². The van der Waals surface area contributed by atoms with Crippen LogP contribution < -0.4 is 4.74 Å². The summed E-state index contributed by atoms with van der Waals surface area (Å²) in [5.41, 5.74) is 2.64. The minimum absolute atomic E-state index is 0.295. The van der Waals surface area contributed by atoms with E-state index >= 15 is 0 Å². The second kappa shape index (κ2) is 7.68. The largest absolute Gasteiger partial charge is 0.490 e.